The van der Waals surface area contributed by atoms with Gasteiger partial charge in [0.25, 0.3) is 0 Å². The molecule has 0 bridgehead atoms. The van der Waals surface area contributed by atoms with Crippen LogP contribution in [0.15, 0.2) is 85.1 Å². The summed E-state index contributed by atoms with van der Waals surface area (Å²) in [5.74, 6) is 1.48. The van der Waals surface area contributed by atoms with Gasteiger partial charge in [-0.1, -0.05) is 0 Å². The maximum atomic E-state index is 8.92. The molecule has 0 N–H and O–H groups in total. The number of pyridine rings is 2. The molecule has 4 aromatic heterocycles. The second-order valence-electron chi connectivity index (χ2n) is 21.2. The van der Waals surface area contributed by atoms with Crippen LogP contribution in [0.4, 0.5) is 0 Å². The second kappa shape index (κ2) is 14.9. The molecule has 0 unspecified atom stereocenters. The number of rotatable bonds is 6. The fourth-order valence-corrected chi connectivity index (χ4v) is 13.8. The average molecular weight is 913 g/mol. The minimum atomic E-state index is -0.165. The molecule has 4 heterocycles. The van der Waals surface area contributed by atoms with E-state index < -0.39 is 0 Å². The first kappa shape index (κ1) is 39.2. The molecule has 0 amide bonds. The topological polar surface area (TPSA) is 35.0 Å². The molecule has 0 saturated carbocycles. The van der Waals surface area contributed by atoms with E-state index in [2.05, 4.69) is 158 Å². The van der Waals surface area contributed by atoms with Gasteiger partial charge in [0.05, 0.1) is 0 Å². The van der Waals surface area contributed by atoms with Crippen molar-refractivity contribution in [1.82, 2.24) is 9.97 Å². The fourth-order valence-electron chi connectivity index (χ4n) is 8.28. The van der Waals surface area contributed by atoms with Crippen LogP contribution in [0.1, 0.15) is 119 Å². The van der Waals surface area contributed by atoms with E-state index in [1.54, 1.807) is 0 Å². The van der Waals surface area contributed by atoms with E-state index in [1.165, 1.54) is 50.1 Å². The van der Waals surface area contributed by atoms with E-state index in [1.807, 2.05) is 12.1 Å². The van der Waals surface area contributed by atoms with Crippen LogP contribution in [-0.2, 0) is 23.7 Å². The van der Waals surface area contributed by atoms with Crippen molar-refractivity contribution < 1.29 is 7.48 Å². The summed E-state index contributed by atoms with van der Waals surface area (Å²) >= 11 is 0.0851. The Morgan fingerprint density at radius 2 is 0.864 bits per heavy atom. The summed E-state index contributed by atoms with van der Waals surface area (Å²) in [6.07, 6.45) is 2.61. The van der Waals surface area contributed by atoms with E-state index in [-0.39, 0.29) is 63.0 Å². The molecule has 59 heavy (non-hydrogen) atoms. The molecule has 0 saturated heterocycles. The summed E-state index contributed by atoms with van der Waals surface area (Å²) in [6, 6.07) is 26.2. The van der Waals surface area contributed by atoms with Gasteiger partial charge in [-0.25, -0.2) is 0 Å². The normalized spacial score (nSPS) is 13.5. The maximum absolute atomic E-state index is 8.92. The first-order valence-corrected chi connectivity index (χ1v) is 24.4. The minimum absolute atomic E-state index is 0.0425. The predicted octanol–water partition coefficient (Wildman–Crippen LogP) is 14.7. The first-order valence-electron chi connectivity index (χ1n) is 22.0. The van der Waals surface area contributed by atoms with Crippen molar-refractivity contribution in [3.05, 3.63) is 119 Å². The van der Waals surface area contributed by atoms with Gasteiger partial charge in [-0.2, -0.15) is 0 Å². The Bertz CT molecular complexity index is 2830. The van der Waals surface area contributed by atoms with E-state index in [4.69, 9.17) is 17.4 Å². The molecule has 4 aromatic carbocycles. The third-order valence-electron chi connectivity index (χ3n) is 11.5. The van der Waals surface area contributed by atoms with Crippen molar-refractivity contribution in [1.29, 1.82) is 0 Å². The van der Waals surface area contributed by atoms with Crippen LogP contribution in [0.5, 0.6) is 11.5 Å². The van der Waals surface area contributed by atoms with E-state index in [9.17, 15) is 0 Å². The van der Waals surface area contributed by atoms with Crippen LogP contribution in [0.2, 0.25) is 0 Å². The first-order chi connectivity index (χ1) is 28.3. The zero-order valence-electron chi connectivity index (χ0n) is 39.5. The fraction of sp³-hybridized carbons (Fsp3) is 0.370. The van der Waals surface area contributed by atoms with Crippen LogP contribution in [-0.4, -0.2) is 39.0 Å². The monoisotopic (exact) mass is 914 g/mol. The molecule has 304 valence electrons. The van der Waals surface area contributed by atoms with E-state index in [0.717, 1.165) is 68.8 Å². The summed E-state index contributed by atoms with van der Waals surface area (Å²) in [5.41, 5.74) is 11.6. The number of aromatic nitrogens is 2. The molecule has 0 atom stereocenters. The predicted molar refractivity (Wildman–Crippen MR) is 257 cm³/mol. The molecule has 0 spiro atoms. The number of nitrogens with zero attached hydrogens (tertiary/aromatic N) is 2. The Kier molecular flexibility index (Phi) is 9.88. The third kappa shape index (κ3) is 8.39. The standard InChI is InChI=1S/C54H60N2OSe2/c1-31-33(29-51(3,4)5)15-17-41-43-19-21-55-45(49(43)58-47(31)41)35-23-37(53(9,10)11)27-39(25-35)57-40-26-36(24-38(28-40)54(12,13)14)46-50-44(20-22-56-46)42-18-16-34(30-52(6,7)8)32(2)48(42)59-50/h15-28H,29-30H2,1-14H3/i21D,22D. The number of ether oxygens (including phenoxy) is 1. The molecular formula is C54H60N2OSe2. The Labute approximate surface area is 367 Å². The number of aryl methyl sites for hydroxylation is 2. The molecule has 0 fully saturated rings. The number of hydrogen-bond donors (Lipinski definition) is 0. The Morgan fingerprint density at radius 1 is 0.492 bits per heavy atom. The molecule has 0 aliphatic heterocycles. The van der Waals surface area contributed by atoms with Gasteiger partial charge >= 0.3 is 369 Å². The molecule has 3 nitrogen and oxygen atoms in total. The van der Waals surface area contributed by atoms with Gasteiger partial charge in [0.2, 0.25) is 0 Å². The summed E-state index contributed by atoms with van der Waals surface area (Å²) in [5, 5.41) is 4.78. The van der Waals surface area contributed by atoms with E-state index in [0.29, 0.717) is 0 Å². The molecular weight excluding hydrogens is 851 g/mol. The van der Waals surface area contributed by atoms with Crippen molar-refractivity contribution >= 4 is 67.6 Å². The van der Waals surface area contributed by atoms with Gasteiger partial charge in [-0.05, 0) is 0 Å². The van der Waals surface area contributed by atoms with Gasteiger partial charge in [0.15, 0.2) is 0 Å². The third-order valence-corrected chi connectivity index (χ3v) is 17.1. The average Bonchev–Trinajstić information content (AvgIpc) is 3.70. The molecule has 8 aromatic rings. The quantitative estimate of drug-likeness (QED) is 0.156. The molecule has 8 rings (SSSR count). The second-order valence-corrected chi connectivity index (χ2v) is 25.5. The van der Waals surface area contributed by atoms with Crippen molar-refractivity contribution in [3.63, 3.8) is 0 Å². The van der Waals surface area contributed by atoms with Crippen LogP contribution in [0, 0.1) is 24.7 Å². The molecule has 0 radical (unpaired) electrons. The van der Waals surface area contributed by atoms with Crippen LogP contribution >= 0.6 is 0 Å². The summed E-state index contributed by atoms with van der Waals surface area (Å²) < 4.78 is 30.2. The number of benzene rings is 4. The van der Waals surface area contributed by atoms with Crippen molar-refractivity contribution in [2.75, 3.05) is 0 Å². The Balaban J connectivity index is 1.28. The van der Waals surface area contributed by atoms with Crippen molar-refractivity contribution in [2.24, 2.45) is 10.8 Å². The zero-order chi connectivity index (χ0) is 44.1. The van der Waals surface area contributed by atoms with Gasteiger partial charge in [0.1, 0.15) is 0 Å². The van der Waals surface area contributed by atoms with Gasteiger partial charge < -0.3 is 0 Å². The Hall–Kier alpha value is -3.98. The number of fused-ring (bicyclic) bond motifs is 6. The molecule has 0 aliphatic rings. The summed E-state index contributed by atoms with van der Waals surface area (Å²) in [7, 11) is 0. The SMILES string of the molecule is [2H]c1cc2c([se]c3c(C)c(CC(C)(C)C)ccc32)c(-c2cc(Oc3cc(-c4nc([2H])cc5c4[se]c4c(C)c(CC(C)(C)C)ccc45)cc(C(C)(C)C)c3)cc(C(C)(C)C)c2)n1. The van der Waals surface area contributed by atoms with Crippen molar-refractivity contribution in [2.45, 2.75) is 121 Å². The molecule has 5 heteroatoms. The van der Waals surface area contributed by atoms with Crippen LogP contribution in [0.25, 0.3) is 61.1 Å². The summed E-state index contributed by atoms with van der Waals surface area (Å²) in [4.78, 5) is 9.94. The molecule has 0 aliphatic carbocycles. The van der Waals surface area contributed by atoms with Crippen molar-refractivity contribution in [3.8, 4) is 34.0 Å². The van der Waals surface area contributed by atoms with Gasteiger partial charge in [-0.15, -0.1) is 0 Å². The van der Waals surface area contributed by atoms with Crippen LogP contribution in [0.3, 0.4) is 0 Å². The van der Waals surface area contributed by atoms with Gasteiger partial charge in [0, 0.05) is 0 Å². The summed E-state index contributed by atoms with van der Waals surface area (Å²) in [6.45, 7) is 31.8. The zero-order valence-corrected chi connectivity index (χ0v) is 40.9. The van der Waals surface area contributed by atoms with Gasteiger partial charge in [-0.3, -0.25) is 0 Å². The van der Waals surface area contributed by atoms with E-state index >= 15 is 0 Å². The number of hydrogen-bond acceptors (Lipinski definition) is 3. The Morgan fingerprint density at radius 3 is 1.22 bits per heavy atom. The van der Waals surface area contributed by atoms with Crippen LogP contribution < -0.4 is 4.74 Å².